The van der Waals surface area contributed by atoms with Crippen LogP contribution in [0.25, 0.3) is 5.65 Å². The molecule has 7 nitrogen and oxygen atoms in total. The molecular formula is C18H23N3O4. The molecule has 2 fully saturated rings. The van der Waals surface area contributed by atoms with Crippen molar-refractivity contribution in [2.45, 2.75) is 43.5 Å². The van der Waals surface area contributed by atoms with E-state index in [1.54, 1.807) is 18.0 Å². The third-order valence-corrected chi connectivity index (χ3v) is 5.57. The van der Waals surface area contributed by atoms with Crippen molar-refractivity contribution in [2.75, 3.05) is 19.7 Å². The first-order valence-electron chi connectivity index (χ1n) is 8.69. The number of amides is 1. The smallest absolute Gasteiger partial charge is 0.274 e. The van der Waals surface area contributed by atoms with Crippen molar-refractivity contribution in [3.63, 3.8) is 0 Å². The molecule has 0 aromatic carbocycles. The number of rotatable bonds is 1. The highest BCUT2D eigenvalue weighted by Crippen LogP contribution is 2.39. The zero-order chi connectivity index (χ0) is 17.7. The molecule has 0 radical (unpaired) electrons. The Kier molecular flexibility index (Phi) is 3.82. The topological polar surface area (TPSA) is 87.3 Å². The van der Waals surface area contributed by atoms with Crippen LogP contribution < -0.4 is 0 Å². The third kappa shape index (κ3) is 2.72. The molecule has 25 heavy (non-hydrogen) atoms. The molecule has 2 aromatic heterocycles. The molecule has 0 saturated carbocycles. The number of aliphatic hydroxyl groups excluding tert-OH is 1. The van der Waals surface area contributed by atoms with E-state index in [4.69, 9.17) is 4.74 Å². The minimum absolute atomic E-state index is 0.115. The van der Waals surface area contributed by atoms with E-state index in [1.807, 2.05) is 28.8 Å². The average Bonchev–Trinajstić information content (AvgIpc) is 3.04. The maximum atomic E-state index is 12.7. The van der Waals surface area contributed by atoms with Crippen LogP contribution in [0, 0.1) is 0 Å². The molecule has 134 valence electrons. The molecule has 4 rings (SSSR count). The molecule has 1 amide bonds. The fourth-order valence-electron chi connectivity index (χ4n) is 3.95. The summed E-state index contributed by atoms with van der Waals surface area (Å²) in [6.45, 7) is 3.01. The Morgan fingerprint density at radius 1 is 1.32 bits per heavy atom. The van der Waals surface area contributed by atoms with E-state index in [-0.39, 0.29) is 5.91 Å². The number of aromatic nitrogens is 2. The summed E-state index contributed by atoms with van der Waals surface area (Å²) >= 11 is 0. The third-order valence-electron chi connectivity index (χ3n) is 5.57. The highest BCUT2D eigenvalue weighted by Gasteiger charge is 2.53. The summed E-state index contributed by atoms with van der Waals surface area (Å²) in [4.78, 5) is 18.9. The number of hydrogen-bond donors (Lipinski definition) is 2. The van der Waals surface area contributed by atoms with Gasteiger partial charge in [-0.15, -0.1) is 0 Å². The van der Waals surface area contributed by atoms with Gasteiger partial charge in [-0.3, -0.25) is 4.79 Å². The zero-order valence-corrected chi connectivity index (χ0v) is 14.3. The average molecular weight is 345 g/mol. The molecule has 2 aliphatic rings. The van der Waals surface area contributed by atoms with E-state index < -0.39 is 17.3 Å². The first-order valence-corrected chi connectivity index (χ1v) is 8.69. The van der Waals surface area contributed by atoms with Gasteiger partial charge in [-0.1, -0.05) is 6.07 Å². The summed E-state index contributed by atoms with van der Waals surface area (Å²) in [6, 6.07) is 5.63. The SMILES string of the molecule is C[C@@]1(O)CCOC2(CCN(C(=O)c3cn4ccccc4n3)CC2)[C@H]1O. The number of ether oxygens (including phenoxy) is 1. The molecule has 1 spiro atoms. The van der Waals surface area contributed by atoms with E-state index in [0.29, 0.717) is 44.7 Å². The molecule has 4 heterocycles. The number of aliphatic hydroxyl groups is 2. The lowest BCUT2D eigenvalue weighted by molar-refractivity contribution is -0.244. The number of hydrogen-bond acceptors (Lipinski definition) is 5. The van der Waals surface area contributed by atoms with Gasteiger partial charge >= 0.3 is 0 Å². The largest absolute Gasteiger partial charge is 0.387 e. The predicted octanol–water partition coefficient (Wildman–Crippen LogP) is 0.841. The summed E-state index contributed by atoms with van der Waals surface area (Å²) in [6.07, 6.45) is 4.07. The van der Waals surface area contributed by atoms with Crippen molar-refractivity contribution in [1.29, 1.82) is 0 Å². The van der Waals surface area contributed by atoms with Crippen molar-refractivity contribution in [2.24, 2.45) is 0 Å². The molecule has 2 atom stereocenters. The minimum Gasteiger partial charge on any atom is -0.387 e. The van der Waals surface area contributed by atoms with Crippen molar-refractivity contribution in [3.8, 4) is 0 Å². The van der Waals surface area contributed by atoms with Crippen molar-refractivity contribution in [3.05, 3.63) is 36.3 Å². The Balaban J connectivity index is 1.49. The van der Waals surface area contributed by atoms with Gasteiger partial charge in [0.1, 0.15) is 23.0 Å². The molecule has 7 heteroatoms. The number of fused-ring (bicyclic) bond motifs is 1. The normalized spacial score (nSPS) is 29.2. The lowest BCUT2D eigenvalue weighted by Crippen LogP contribution is -2.64. The van der Waals surface area contributed by atoms with Crippen molar-refractivity contribution < 1.29 is 19.7 Å². The van der Waals surface area contributed by atoms with Crippen LogP contribution in [0.3, 0.4) is 0 Å². The summed E-state index contributed by atoms with van der Waals surface area (Å²) in [5, 5.41) is 20.9. The van der Waals surface area contributed by atoms with Crippen LogP contribution in [0.2, 0.25) is 0 Å². The van der Waals surface area contributed by atoms with Crippen LogP contribution in [0.5, 0.6) is 0 Å². The lowest BCUT2D eigenvalue weighted by Gasteiger charge is -2.51. The van der Waals surface area contributed by atoms with Gasteiger partial charge in [-0.2, -0.15) is 0 Å². The monoisotopic (exact) mass is 345 g/mol. The van der Waals surface area contributed by atoms with Crippen LogP contribution in [-0.2, 0) is 4.74 Å². The van der Waals surface area contributed by atoms with Crippen molar-refractivity contribution >= 4 is 11.6 Å². The second kappa shape index (κ2) is 5.79. The standard InChI is InChI=1S/C18H23N3O4/c1-17(24)7-11-25-18(16(17)23)5-9-20(10-6-18)15(22)13-12-21-8-3-2-4-14(21)19-13/h2-4,8,12,16,23-24H,5-7,9-11H2,1H3/t16-,17+/m0/s1. The molecule has 2 aliphatic heterocycles. The molecule has 2 saturated heterocycles. The van der Waals surface area contributed by atoms with Gasteiger partial charge in [0.05, 0.1) is 12.2 Å². The number of pyridine rings is 1. The second-order valence-corrected chi connectivity index (χ2v) is 7.31. The Morgan fingerprint density at radius 2 is 2.08 bits per heavy atom. The predicted molar refractivity (Wildman–Crippen MR) is 90.3 cm³/mol. The number of likely N-dealkylation sites (tertiary alicyclic amines) is 1. The molecule has 0 bridgehead atoms. The molecule has 2 aromatic rings. The molecule has 2 N–H and O–H groups in total. The van der Waals surface area contributed by atoms with E-state index in [2.05, 4.69) is 4.98 Å². The fourth-order valence-corrected chi connectivity index (χ4v) is 3.95. The Morgan fingerprint density at radius 3 is 2.80 bits per heavy atom. The van der Waals surface area contributed by atoms with Gasteiger partial charge < -0.3 is 24.3 Å². The second-order valence-electron chi connectivity index (χ2n) is 7.31. The highest BCUT2D eigenvalue weighted by molar-refractivity contribution is 5.93. The summed E-state index contributed by atoms with van der Waals surface area (Å²) in [5.74, 6) is -0.115. The van der Waals surface area contributed by atoms with E-state index >= 15 is 0 Å². The first kappa shape index (κ1) is 16.5. The van der Waals surface area contributed by atoms with Gasteiger partial charge in [0.2, 0.25) is 0 Å². The van der Waals surface area contributed by atoms with E-state index in [1.165, 1.54) is 0 Å². The highest BCUT2D eigenvalue weighted by atomic mass is 16.5. The maximum Gasteiger partial charge on any atom is 0.274 e. The molecule has 0 aliphatic carbocycles. The zero-order valence-electron chi connectivity index (χ0n) is 14.3. The van der Waals surface area contributed by atoms with Crippen molar-refractivity contribution in [1.82, 2.24) is 14.3 Å². The number of carbonyl (C=O) groups is 1. The number of imidazole rings is 1. The quantitative estimate of drug-likeness (QED) is 0.800. The molecular weight excluding hydrogens is 322 g/mol. The van der Waals surface area contributed by atoms with Gasteiger partial charge in [0.15, 0.2) is 0 Å². The fraction of sp³-hybridized carbons (Fsp3) is 0.556. The number of nitrogens with zero attached hydrogens (tertiary/aromatic N) is 3. The van der Waals surface area contributed by atoms with Crippen LogP contribution in [0.1, 0.15) is 36.7 Å². The van der Waals surface area contributed by atoms with Crippen LogP contribution >= 0.6 is 0 Å². The van der Waals surface area contributed by atoms with E-state index in [0.717, 1.165) is 5.65 Å². The lowest BCUT2D eigenvalue weighted by atomic mass is 9.75. The summed E-state index contributed by atoms with van der Waals surface area (Å²) in [7, 11) is 0. The van der Waals surface area contributed by atoms with Crippen LogP contribution in [0.15, 0.2) is 30.6 Å². The van der Waals surface area contributed by atoms with Gasteiger partial charge in [-0.25, -0.2) is 4.98 Å². The Labute approximate surface area is 145 Å². The van der Waals surface area contributed by atoms with Gasteiger partial charge in [0.25, 0.3) is 5.91 Å². The maximum absolute atomic E-state index is 12.7. The number of carbonyl (C=O) groups excluding carboxylic acids is 1. The Hall–Kier alpha value is -1.96. The summed E-state index contributed by atoms with van der Waals surface area (Å²) in [5.41, 5.74) is -0.760. The van der Waals surface area contributed by atoms with Gasteiger partial charge in [0, 0.05) is 31.9 Å². The Bertz CT molecular complexity index is 759. The number of piperidine rings is 1. The van der Waals surface area contributed by atoms with Crippen LogP contribution in [0.4, 0.5) is 0 Å². The first-order chi connectivity index (χ1) is 11.9. The van der Waals surface area contributed by atoms with Gasteiger partial charge in [-0.05, 0) is 31.9 Å². The molecule has 0 unspecified atom stereocenters. The summed E-state index contributed by atoms with van der Waals surface area (Å²) < 4.78 is 7.69. The van der Waals surface area contributed by atoms with E-state index in [9.17, 15) is 15.0 Å². The van der Waals surface area contributed by atoms with Crippen LogP contribution in [-0.4, -0.2) is 67.4 Å². The minimum atomic E-state index is -1.15.